The topological polar surface area (TPSA) is 46.2 Å². The normalized spacial score (nSPS) is 52.7. The highest BCUT2D eigenvalue weighted by molar-refractivity contribution is 5.87. The molecule has 3 nitrogen and oxygen atoms in total. The van der Waals surface area contributed by atoms with E-state index in [1.165, 1.54) is 12.8 Å². The molecule has 0 aromatic carbocycles. The van der Waals surface area contributed by atoms with Crippen LogP contribution in [0.3, 0.4) is 0 Å². The maximum Gasteiger partial charge on any atom is 0.220 e. The van der Waals surface area contributed by atoms with Gasteiger partial charge < -0.3 is 5.32 Å². The molecule has 1 saturated heterocycles. The number of ketones is 1. The van der Waals surface area contributed by atoms with E-state index in [9.17, 15) is 9.59 Å². The zero-order valence-corrected chi connectivity index (χ0v) is 13.3. The third-order valence-corrected chi connectivity index (χ3v) is 7.80. The molecule has 1 aliphatic heterocycles. The largest absolute Gasteiger partial charge is 0.353 e. The van der Waals surface area contributed by atoms with E-state index >= 15 is 0 Å². The highest BCUT2D eigenvalue weighted by atomic mass is 16.1. The Labute approximate surface area is 127 Å². The Morgan fingerprint density at radius 3 is 2.57 bits per heavy atom. The van der Waals surface area contributed by atoms with Crippen LogP contribution in [0.1, 0.15) is 65.2 Å². The monoisotopic (exact) mass is 289 g/mol. The van der Waals surface area contributed by atoms with Gasteiger partial charge in [0, 0.05) is 24.3 Å². The van der Waals surface area contributed by atoms with Gasteiger partial charge in [-0.3, -0.25) is 9.59 Å². The molecule has 1 heterocycles. The van der Waals surface area contributed by atoms with Gasteiger partial charge in [-0.05, 0) is 61.7 Å². The molecule has 1 unspecified atom stereocenters. The molecule has 0 radical (unpaired) electrons. The van der Waals surface area contributed by atoms with E-state index in [2.05, 4.69) is 19.2 Å². The maximum atomic E-state index is 12.4. The predicted octanol–water partition coefficient (Wildman–Crippen LogP) is 3.08. The molecule has 1 amide bonds. The predicted molar refractivity (Wildman–Crippen MR) is 80.6 cm³/mol. The fourth-order valence-corrected chi connectivity index (χ4v) is 6.47. The van der Waals surface area contributed by atoms with Crippen LogP contribution in [-0.4, -0.2) is 17.7 Å². The van der Waals surface area contributed by atoms with Crippen LogP contribution >= 0.6 is 0 Å². The number of carbonyl (C=O) groups excluding carboxylic acids is 2. The van der Waals surface area contributed by atoms with E-state index in [-0.39, 0.29) is 16.7 Å². The van der Waals surface area contributed by atoms with Crippen molar-refractivity contribution in [2.75, 3.05) is 0 Å². The molecule has 116 valence electrons. The number of amides is 1. The van der Waals surface area contributed by atoms with Crippen molar-refractivity contribution in [1.29, 1.82) is 0 Å². The third-order valence-electron chi connectivity index (χ3n) is 7.80. The lowest BCUT2D eigenvalue weighted by Crippen LogP contribution is -2.61. The van der Waals surface area contributed by atoms with E-state index in [4.69, 9.17) is 0 Å². The molecule has 4 rings (SSSR count). The Morgan fingerprint density at radius 2 is 1.76 bits per heavy atom. The summed E-state index contributed by atoms with van der Waals surface area (Å²) in [4.78, 5) is 24.1. The van der Waals surface area contributed by atoms with E-state index in [1.807, 2.05) is 0 Å². The number of hydrogen-bond donors (Lipinski definition) is 1. The SMILES string of the molecule is C[C@]12CCC(=O)NC1CC[C@@H]1[C@@H]2CC[C@]2(C)C(=O)CC[C@@H]12. The molecule has 4 aliphatic rings. The lowest BCUT2D eigenvalue weighted by molar-refractivity contribution is -0.141. The number of piperidine rings is 1. The minimum Gasteiger partial charge on any atom is -0.353 e. The first-order valence-electron chi connectivity index (χ1n) is 8.78. The van der Waals surface area contributed by atoms with Crippen molar-refractivity contribution in [1.82, 2.24) is 5.32 Å². The highest BCUT2D eigenvalue weighted by Gasteiger charge is 2.60. The minimum absolute atomic E-state index is 0.0255. The lowest BCUT2D eigenvalue weighted by atomic mass is 9.48. The first-order valence-corrected chi connectivity index (χ1v) is 8.78. The third kappa shape index (κ3) is 1.72. The quantitative estimate of drug-likeness (QED) is 0.745. The van der Waals surface area contributed by atoms with Gasteiger partial charge in [0.15, 0.2) is 0 Å². The summed E-state index contributed by atoms with van der Waals surface area (Å²) in [5, 5.41) is 3.26. The van der Waals surface area contributed by atoms with Crippen molar-refractivity contribution >= 4 is 11.7 Å². The average molecular weight is 289 g/mol. The van der Waals surface area contributed by atoms with Crippen LogP contribution in [0.15, 0.2) is 0 Å². The van der Waals surface area contributed by atoms with Crippen molar-refractivity contribution in [3.8, 4) is 0 Å². The summed E-state index contributed by atoms with van der Waals surface area (Å²) in [6.07, 6.45) is 8.24. The van der Waals surface area contributed by atoms with E-state index in [1.54, 1.807) is 0 Å². The minimum atomic E-state index is -0.0255. The van der Waals surface area contributed by atoms with E-state index in [0.29, 0.717) is 36.0 Å². The molecule has 21 heavy (non-hydrogen) atoms. The van der Waals surface area contributed by atoms with Crippen LogP contribution in [0.4, 0.5) is 0 Å². The van der Waals surface area contributed by atoms with Gasteiger partial charge in [-0.15, -0.1) is 0 Å². The van der Waals surface area contributed by atoms with Gasteiger partial charge in [0.2, 0.25) is 5.91 Å². The van der Waals surface area contributed by atoms with Crippen molar-refractivity contribution in [3.05, 3.63) is 0 Å². The van der Waals surface area contributed by atoms with Crippen molar-refractivity contribution < 1.29 is 9.59 Å². The fraction of sp³-hybridized carbons (Fsp3) is 0.889. The van der Waals surface area contributed by atoms with Crippen molar-refractivity contribution in [3.63, 3.8) is 0 Å². The lowest BCUT2D eigenvalue weighted by Gasteiger charge is -2.59. The van der Waals surface area contributed by atoms with Gasteiger partial charge in [-0.1, -0.05) is 13.8 Å². The number of hydrogen-bond acceptors (Lipinski definition) is 2. The van der Waals surface area contributed by atoms with Gasteiger partial charge in [-0.2, -0.15) is 0 Å². The maximum absolute atomic E-state index is 12.4. The van der Waals surface area contributed by atoms with E-state index < -0.39 is 0 Å². The summed E-state index contributed by atoms with van der Waals surface area (Å²) in [7, 11) is 0. The second-order valence-electron chi connectivity index (χ2n) is 8.50. The van der Waals surface area contributed by atoms with Gasteiger partial charge in [0.05, 0.1) is 0 Å². The van der Waals surface area contributed by atoms with E-state index in [0.717, 1.165) is 32.1 Å². The second kappa shape index (κ2) is 4.33. The van der Waals surface area contributed by atoms with Crippen LogP contribution in [-0.2, 0) is 9.59 Å². The summed E-state index contributed by atoms with van der Waals surface area (Å²) < 4.78 is 0. The highest BCUT2D eigenvalue weighted by Crippen LogP contribution is 2.62. The van der Waals surface area contributed by atoms with Crippen LogP contribution in [0.2, 0.25) is 0 Å². The summed E-state index contributed by atoms with van der Waals surface area (Å²) in [6.45, 7) is 4.65. The van der Waals surface area contributed by atoms with Crippen LogP contribution in [0.25, 0.3) is 0 Å². The smallest absolute Gasteiger partial charge is 0.220 e. The molecule has 6 atom stereocenters. The number of nitrogens with one attached hydrogen (secondary N) is 1. The van der Waals surface area contributed by atoms with Crippen molar-refractivity contribution in [2.24, 2.45) is 28.6 Å². The fourth-order valence-electron chi connectivity index (χ4n) is 6.47. The molecular weight excluding hydrogens is 262 g/mol. The Morgan fingerprint density at radius 1 is 0.952 bits per heavy atom. The summed E-state index contributed by atoms with van der Waals surface area (Å²) in [5.74, 6) is 2.80. The Kier molecular flexibility index (Phi) is 2.84. The molecule has 3 heteroatoms. The van der Waals surface area contributed by atoms with Gasteiger partial charge in [0.1, 0.15) is 5.78 Å². The number of carbonyl (C=O) groups is 2. The van der Waals surface area contributed by atoms with Gasteiger partial charge in [-0.25, -0.2) is 0 Å². The molecule has 3 saturated carbocycles. The zero-order valence-electron chi connectivity index (χ0n) is 13.3. The molecule has 1 N–H and O–H groups in total. The average Bonchev–Trinajstić information content (AvgIpc) is 2.76. The van der Waals surface area contributed by atoms with Crippen LogP contribution < -0.4 is 5.32 Å². The number of Topliss-reactive ketones (excluding diaryl/α,β-unsaturated/α-hetero) is 1. The standard InChI is InChI=1S/C18H27NO2/c1-17-10-8-16(21)19-14(17)5-3-11-12-4-6-15(20)18(12,2)9-7-13(11)17/h11-14H,3-10H2,1-2H3,(H,19,21)/t11-,12-,13-,14?,17+,18-/m0/s1. The molecule has 0 spiro atoms. The molecule has 3 aliphatic carbocycles. The molecule has 0 aromatic rings. The number of rotatable bonds is 0. The van der Waals surface area contributed by atoms with Crippen LogP contribution in [0, 0.1) is 28.6 Å². The first kappa shape index (κ1) is 13.8. The Balaban J connectivity index is 1.65. The Bertz CT molecular complexity index is 501. The van der Waals surface area contributed by atoms with Gasteiger partial charge >= 0.3 is 0 Å². The van der Waals surface area contributed by atoms with Crippen molar-refractivity contribution in [2.45, 2.75) is 71.3 Å². The zero-order chi connectivity index (χ0) is 14.8. The van der Waals surface area contributed by atoms with Gasteiger partial charge in [0.25, 0.3) is 0 Å². The molecular formula is C18H27NO2. The molecule has 0 aromatic heterocycles. The summed E-state index contributed by atoms with van der Waals surface area (Å²) >= 11 is 0. The summed E-state index contributed by atoms with van der Waals surface area (Å²) in [5.41, 5.74) is 0.242. The number of fused-ring (bicyclic) bond motifs is 5. The first-order chi connectivity index (χ1) is 9.95. The molecule has 0 bridgehead atoms. The summed E-state index contributed by atoms with van der Waals surface area (Å²) in [6, 6.07) is 0.376. The second-order valence-corrected chi connectivity index (χ2v) is 8.50. The Hall–Kier alpha value is -0.860. The van der Waals surface area contributed by atoms with Crippen LogP contribution in [0.5, 0.6) is 0 Å². The molecule has 4 fully saturated rings.